The van der Waals surface area contributed by atoms with Crippen LogP contribution in [-0.4, -0.2) is 38.5 Å². The Balaban J connectivity index is 1.52. The Morgan fingerprint density at radius 3 is 2.32 bits per heavy atom. The second-order valence-electron chi connectivity index (χ2n) is 7.93. The Morgan fingerprint density at radius 1 is 1.13 bits per heavy atom. The molecular formula is C26H19I2N3O6S. The quantitative estimate of drug-likeness (QED) is 0.118. The number of amides is 1. The van der Waals surface area contributed by atoms with E-state index in [1.807, 2.05) is 25.1 Å². The van der Waals surface area contributed by atoms with Crippen LogP contribution in [0.2, 0.25) is 0 Å². The number of non-ortho nitro benzene ring substituents is 1. The highest BCUT2D eigenvalue weighted by molar-refractivity contribution is 14.1. The van der Waals surface area contributed by atoms with Crippen LogP contribution in [-0.2, 0) is 11.4 Å². The number of ether oxygens (including phenoxy) is 1. The number of likely N-dealkylation sites (N-methyl/N-ethyl adjacent to an activating group) is 1. The van der Waals surface area contributed by atoms with Crippen LogP contribution in [0, 0.1) is 17.3 Å². The van der Waals surface area contributed by atoms with Crippen molar-refractivity contribution in [3.8, 4) is 5.75 Å². The summed E-state index contributed by atoms with van der Waals surface area (Å²) in [4.78, 5) is 41.2. The van der Waals surface area contributed by atoms with Crippen LogP contribution in [0.1, 0.15) is 28.4 Å². The molecule has 1 fully saturated rings. The number of thioether (sulfide) groups is 1. The van der Waals surface area contributed by atoms with Gasteiger partial charge in [-0.05, 0) is 130 Å². The maximum absolute atomic E-state index is 13.1. The molecule has 0 spiro atoms. The van der Waals surface area contributed by atoms with Crippen LogP contribution in [0.5, 0.6) is 5.75 Å². The number of nitro groups is 1. The number of hydrogen-bond donors (Lipinski definition) is 1. The molecule has 194 valence electrons. The molecule has 1 amide bonds. The van der Waals surface area contributed by atoms with E-state index in [4.69, 9.17) is 9.84 Å². The molecule has 0 aromatic heterocycles. The van der Waals surface area contributed by atoms with E-state index >= 15 is 0 Å². The van der Waals surface area contributed by atoms with Gasteiger partial charge < -0.3 is 9.84 Å². The summed E-state index contributed by atoms with van der Waals surface area (Å²) in [6, 6.07) is 16.2. The van der Waals surface area contributed by atoms with E-state index in [1.165, 1.54) is 36.0 Å². The number of carbonyl (C=O) groups is 2. The molecule has 1 saturated heterocycles. The first kappa shape index (κ1) is 28.0. The lowest BCUT2D eigenvalue weighted by Gasteiger charge is -2.12. The normalized spacial score (nSPS) is 15.3. The van der Waals surface area contributed by atoms with Crippen molar-refractivity contribution in [3.05, 3.63) is 99.5 Å². The molecule has 0 radical (unpaired) electrons. The molecule has 1 N–H and O–H groups in total. The smallest absolute Gasteiger partial charge is 0.335 e. The van der Waals surface area contributed by atoms with Crippen LogP contribution in [0.15, 0.2) is 70.6 Å². The molecule has 0 unspecified atom stereocenters. The van der Waals surface area contributed by atoms with Gasteiger partial charge in [-0.2, -0.15) is 0 Å². The van der Waals surface area contributed by atoms with Crippen molar-refractivity contribution in [2.45, 2.75) is 13.5 Å². The first-order valence-corrected chi connectivity index (χ1v) is 14.1. The van der Waals surface area contributed by atoms with E-state index < -0.39 is 10.9 Å². The molecule has 1 aliphatic rings. The molecule has 1 heterocycles. The Kier molecular flexibility index (Phi) is 9.04. The van der Waals surface area contributed by atoms with Crippen molar-refractivity contribution in [1.29, 1.82) is 0 Å². The molecule has 1 aliphatic heterocycles. The fourth-order valence-corrected chi connectivity index (χ4v) is 6.67. The van der Waals surface area contributed by atoms with Crippen molar-refractivity contribution in [2.24, 2.45) is 4.99 Å². The third-order valence-corrected chi connectivity index (χ3v) is 8.00. The summed E-state index contributed by atoms with van der Waals surface area (Å²) in [6.45, 7) is 2.57. The number of rotatable bonds is 8. The highest BCUT2D eigenvalue weighted by Gasteiger charge is 2.32. The second kappa shape index (κ2) is 12.3. The topological polar surface area (TPSA) is 122 Å². The minimum atomic E-state index is -1.01. The zero-order valence-electron chi connectivity index (χ0n) is 19.8. The van der Waals surface area contributed by atoms with Gasteiger partial charge in [0.2, 0.25) is 0 Å². The van der Waals surface area contributed by atoms with Crippen molar-refractivity contribution in [3.63, 3.8) is 0 Å². The number of amidine groups is 1. The Bertz CT molecular complexity index is 1450. The fraction of sp³-hybridized carbons (Fsp3) is 0.115. The predicted octanol–water partition coefficient (Wildman–Crippen LogP) is 6.71. The van der Waals surface area contributed by atoms with Crippen molar-refractivity contribution in [1.82, 2.24) is 4.90 Å². The molecule has 12 heteroatoms. The number of carboxylic acids is 1. The molecule has 3 aromatic rings. The minimum absolute atomic E-state index is 0.0283. The van der Waals surface area contributed by atoms with E-state index in [9.17, 15) is 19.7 Å². The summed E-state index contributed by atoms with van der Waals surface area (Å²) in [5.41, 5.74) is 2.40. The lowest BCUT2D eigenvalue weighted by molar-refractivity contribution is -0.384. The Morgan fingerprint density at radius 2 is 1.76 bits per heavy atom. The molecule has 0 bridgehead atoms. The maximum atomic E-state index is 13.1. The monoisotopic (exact) mass is 755 g/mol. The van der Waals surface area contributed by atoms with Crippen LogP contribution in [0.3, 0.4) is 0 Å². The van der Waals surface area contributed by atoms with Gasteiger partial charge in [-0.1, -0.05) is 0 Å². The first-order valence-electron chi connectivity index (χ1n) is 11.1. The molecule has 0 aliphatic carbocycles. The largest absolute Gasteiger partial charge is 0.487 e. The first-order chi connectivity index (χ1) is 18.2. The summed E-state index contributed by atoms with van der Waals surface area (Å²) < 4.78 is 7.72. The van der Waals surface area contributed by atoms with E-state index in [2.05, 4.69) is 50.2 Å². The number of aromatic carboxylic acids is 1. The lowest BCUT2D eigenvalue weighted by Crippen LogP contribution is -2.28. The number of nitro benzene ring substituents is 1. The van der Waals surface area contributed by atoms with E-state index in [1.54, 1.807) is 29.2 Å². The van der Waals surface area contributed by atoms with Crippen molar-refractivity contribution < 1.29 is 24.4 Å². The standard InChI is InChI=1S/C26H19I2N3O6S/c1-2-30-24(32)22(38-26(30)29-18-7-5-17(6-8-18)25(33)34)13-16-11-20(27)23(21(28)12-16)37-14-15-3-9-19(10-4-15)31(35)36/h3-13H,2,14H2,1H3,(H,33,34)/b22-13-,29-26?. The fourth-order valence-electron chi connectivity index (χ4n) is 3.48. The number of carbonyl (C=O) groups excluding carboxylic acids is 1. The number of benzene rings is 3. The highest BCUT2D eigenvalue weighted by Crippen LogP contribution is 2.36. The number of carboxylic acid groups (broad SMARTS) is 1. The highest BCUT2D eigenvalue weighted by atomic mass is 127. The molecule has 0 atom stereocenters. The third-order valence-electron chi connectivity index (χ3n) is 5.39. The average molecular weight is 755 g/mol. The minimum Gasteiger partial charge on any atom is -0.487 e. The van der Waals surface area contributed by atoms with E-state index in [0.717, 1.165) is 18.3 Å². The number of halogens is 2. The zero-order valence-corrected chi connectivity index (χ0v) is 24.9. The zero-order chi connectivity index (χ0) is 27.4. The van der Waals surface area contributed by atoms with Crippen LogP contribution >= 0.6 is 56.9 Å². The maximum Gasteiger partial charge on any atom is 0.335 e. The second-order valence-corrected chi connectivity index (χ2v) is 11.3. The molecule has 9 nitrogen and oxygen atoms in total. The summed E-state index contributed by atoms with van der Waals surface area (Å²) in [5.74, 6) is -0.469. The van der Waals surface area contributed by atoms with Gasteiger partial charge in [0.1, 0.15) is 12.4 Å². The van der Waals surface area contributed by atoms with Crippen molar-refractivity contribution >= 4 is 91.4 Å². The molecule has 0 saturated carbocycles. The number of nitrogens with zero attached hydrogens (tertiary/aromatic N) is 3. The van der Waals surface area contributed by atoms with Crippen LogP contribution in [0.25, 0.3) is 6.08 Å². The summed E-state index contributed by atoms with van der Waals surface area (Å²) in [5, 5.41) is 20.5. The van der Waals surface area contributed by atoms with Crippen molar-refractivity contribution in [2.75, 3.05) is 6.54 Å². The van der Waals surface area contributed by atoms with Gasteiger partial charge in [0.25, 0.3) is 11.6 Å². The van der Waals surface area contributed by atoms with Crippen LogP contribution in [0.4, 0.5) is 11.4 Å². The van der Waals surface area contributed by atoms with Gasteiger partial charge in [-0.25, -0.2) is 9.79 Å². The van der Waals surface area contributed by atoms with E-state index in [0.29, 0.717) is 28.1 Å². The van der Waals surface area contributed by atoms with Gasteiger partial charge in [-0.3, -0.25) is 19.8 Å². The predicted molar refractivity (Wildman–Crippen MR) is 163 cm³/mol. The summed E-state index contributed by atoms with van der Waals surface area (Å²) >= 11 is 5.63. The van der Waals surface area contributed by atoms with Gasteiger partial charge in [0.05, 0.1) is 28.2 Å². The molecule has 38 heavy (non-hydrogen) atoms. The molecule has 3 aromatic carbocycles. The Labute approximate surface area is 249 Å². The van der Waals surface area contributed by atoms with Gasteiger partial charge in [0, 0.05) is 18.7 Å². The van der Waals surface area contributed by atoms with Crippen LogP contribution < -0.4 is 4.74 Å². The third kappa shape index (κ3) is 6.53. The van der Waals surface area contributed by atoms with Gasteiger partial charge >= 0.3 is 5.97 Å². The lowest BCUT2D eigenvalue weighted by atomic mass is 10.2. The van der Waals surface area contributed by atoms with Gasteiger partial charge in [0.15, 0.2) is 5.17 Å². The number of hydrogen-bond acceptors (Lipinski definition) is 7. The van der Waals surface area contributed by atoms with E-state index in [-0.39, 0.29) is 23.8 Å². The molecule has 4 rings (SSSR count). The summed E-state index contributed by atoms with van der Waals surface area (Å²) in [6.07, 6.45) is 1.82. The number of aliphatic imine (C=N–C) groups is 1. The average Bonchev–Trinajstić information content (AvgIpc) is 3.17. The van der Waals surface area contributed by atoms with Gasteiger partial charge in [-0.15, -0.1) is 0 Å². The molecular weight excluding hydrogens is 736 g/mol. The Hall–Kier alpha value is -2.98. The summed E-state index contributed by atoms with van der Waals surface area (Å²) in [7, 11) is 0. The SMILES string of the molecule is CCN1C(=O)/C(=C/c2cc(I)c(OCc3ccc([N+](=O)[O-])cc3)c(I)c2)SC1=Nc1ccc(C(=O)O)cc1.